The van der Waals surface area contributed by atoms with Crippen molar-refractivity contribution in [3.8, 4) is 0 Å². The molecule has 1 aromatic carbocycles. The third-order valence-electron chi connectivity index (χ3n) is 2.43. The van der Waals surface area contributed by atoms with Gasteiger partial charge in [-0.1, -0.05) is 12.1 Å². The monoisotopic (exact) mass is 276 g/mol. The SMILES string of the molecule is Nc1ccc(CC(=O)N(CCO)CC(F)(F)F)cc1. The number of nitrogens with zero attached hydrogens (tertiary/aromatic N) is 1. The predicted molar refractivity (Wildman–Crippen MR) is 64.3 cm³/mol. The standard InChI is InChI=1S/C12H15F3N2O2/c13-12(14,15)8-17(5-6-18)11(19)7-9-1-3-10(16)4-2-9/h1-4,18H,5-8,16H2. The molecule has 7 heteroatoms. The maximum absolute atomic E-state index is 12.3. The molecule has 19 heavy (non-hydrogen) atoms. The fourth-order valence-electron chi connectivity index (χ4n) is 1.55. The van der Waals surface area contributed by atoms with Crippen molar-refractivity contribution in [2.75, 3.05) is 25.4 Å². The number of anilines is 1. The van der Waals surface area contributed by atoms with Crippen LogP contribution in [-0.2, 0) is 11.2 Å². The Labute approximate surface area is 108 Å². The Bertz CT molecular complexity index is 418. The largest absolute Gasteiger partial charge is 0.406 e. The Hall–Kier alpha value is -1.76. The quantitative estimate of drug-likeness (QED) is 0.794. The summed E-state index contributed by atoms with van der Waals surface area (Å²) in [6.07, 6.45) is -4.64. The van der Waals surface area contributed by atoms with Crippen LogP contribution in [0.3, 0.4) is 0 Å². The zero-order chi connectivity index (χ0) is 14.5. The number of carbonyl (C=O) groups is 1. The molecular formula is C12H15F3N2O2. The predicted octanol–water partition coefficient (Wildman–Crippen LogP) is 1.19. The van der Waals surface area contributed by atoms with E-state index < -0.39 is 25.2 Å². The van der Waals surface area contributed by atoms with E-state index >= 15 is 0 Å². The molecule has 1 amide bonds. The van der Waals surface area contributed by atoms with E-state index in [1.54, 1.807) is 24.3 Å². The fourth-order valence-corrected chi connectivity index (χ4v) is 1.55. The highest BCUT2D eigenvalue weighted by molar-refractivity contribution is 5.79. The second-order valence-corrected chi connectivity index (χ2v) is 4.07. The molecule has 0 atom stereocenters. The van der Waals surface area contributed by atoms with Gasteiger partial charge in [0.15, 0.2) is 0 Å². The lowest BCUT2D eigenvalue weighted by Gasteiger charge is -2.23. The molecule has 0 aromatic heterocycles. The summed E-state index contributed by atoms with van der Waals surface area (Å²) in [5.74, 6) is -0.684. The molecule has 3 N–H and O–H groups in total. The van der Waals surface area contributed by atoms with E-state index in [-0.39, 0.29) is 13.0 Å². The van der Waals surface area contributed by atoms with Crippen LogP contribution in [0.4, 0.5) is 18.9 Å². The Morgan fingerprint density at radius 2 is 1.84 bits per heavy atom. The van der Waals surface area contributed by atoms with E-state index in [1.807, 2.05) is 0 Å². The molecule has 0 saturated heterocycles. The van der Waals surface area contributed by atoms with Crippen LogP contribution in [0.1, 0.15) is 5.56 Å². The van der Waals surface area contributed by atoms with Gasteiger partial charge in [-0.3, -0.25) is 4.79 Å². The molecule has 1 rings (SSSR count). The van der Waals surface area contributed by atoms with Gasteiger partial charge in [0.25, 0.3) is 0 Å². The molecular weight excluding hydrogens is 261 g/mol. The van der Waals surface area contributed by atoms with Gasteiger partial charge in [-0.15, -0.1) is 0 Å². The molecule has 0 unspecified atom stereocenters. The van der Waals surface area contributed by atoms with Crippen LogP contribution in [0.25, 0.3) is 0 Å². The third kappa shape index (κ3) is 5.60. The summed E-state index contributed by atoms with van der Waals surface area (Å²) in [6, 6.07) is 6.31. The van der Waals surface area contributed by atoms with Gasteiger partial charge in [0.2, 0.25) is 5.91 Å². The second kappa shape index (κ2) is 6.42. The lowest BCUT2D eigenvalue weighted by atomic mass is 10.1. The minimum Gasteiger partial charge on any atom is -0.399 e. The molecule has 106 valence electrons. The number of nitrogens with two attached hydrogens (primary N) is 1. The van der Waals surface area contributed by atoms with Crippen LogP contribution in [-0.4, -0.2) is 41.8 Å². The maximum atomic E-state index is 12.3. The van der Waals surface area contributed by atoms with Crippen LogP contribution >= 0.6 is 0 Å². The number of hydrogen-bond donors (Lipinski definition) is 2. The summed E-state index contributed by atoms with van der Waals surface area (Å²) < 4.78 is 36.9. The van der Waals surface area contributed by atoms with Gasteiger partial charge in [0, 0.05) is 12.2 Å². The number of amides is 1. The van der Waals surface area contributed by atoms with Crippen molar-refractivity contribution in [3.05, 3.63) is 29.8 Å². The first-order valence-electron chi connectivity index (χ1n) is 5.61. The number of halogens is 3. The third-order valence-corrected chi connectivity index (χ3v) is 2.43. The zero-order valence-electron chi connectivity index (χ0n) is 10.2. The number of aliphatic hydroxyl groups is 1. The summed E-state index contributed by atoms with van der Waals surface area (Å²) in [5.41, 5.74) is 6.56. The van der Waals surface area contributed by atoms with Crippen LogP contribution < -0.4 is 5.73 Å². The average Bonchev–Trinajstić information content (AvgIpc) is 2.30. The zero-order valence-corrected chi connectivity index (χ0v) is 10.2. The van der Waals surface area contributed by atoms with Crippen molar-refractivity contribution >= 4 is 11.6 Å². The highest BCUT2D eigenvalue weighted by Gasteiger charge is 2.32. The second-order valence-electron chi connectivity index (χ2n) is 4.07. The Kier molecular flexibility index (Phi) is 5.17. The molecule has 0 spiro atoms. The summed E-state index contributed by atoms with van der Waals surface area (Å²) in [5, 5.41) is 8.71. The van der Waals surface area contributed by atoms with E-state index in [4.69, 9.17) is 10.8 Å². The normalized spacial score (nSPS) is 11.4. The summed E-state index contributed by atoms with van der Waals surface area (Å²) >= 11 is 0. The number of hydrogen-bond acceptors (Lipinski definition) is 3. The Morgan fingerprint density at radius 3 is 2.32 bits per heavy atom. The van der Waals surface area contributed by atoms with Gasteiger partial charge in [-0.05, 0) is 17.7 Å². The summed E-state index contributed by atoms with van der Waals surface area (Å²) in [6.45, 7) is -2.21. The van der Waals surface area contributed by atoms with E-state index in [9.17, 15) is 18.0 Å². The Balaban J connectivity index is 2.68. The number of aliphatic hydroxyl groups excluding tert-OH is 1. The van der Waals surface area contributed by atoms with Crippen molar-refractivity contribution in [2.24, 2.45) is 0 Å². The van der Waals surface area contributed by atoms with E-state index in [2.05, 4.69) is 0 Å². The lowest BCUT2D eigenvalue weighted by molar-refractivity contribution is -0.161. The number of benzene rings is 1. The smallest absolute Gasteiger partial charge is 0.399 e. The summed E-state index contributed by atoms with van der Waals surface area (Å²) in [4.78, 5) is 12.3. The topological polar surface area (TPSA) is 66.6 Å². The number of carbonyl (C=O) groups excluding carboxylic acids is 1. The first-order chi connectivity index (χ1) is 8.81. The molecule has 0 radical (unpaired) electrons. The van der Waals surface area contributed by atoms with Gasteiger partial charge in [0.1, 0.15) is 6.54 Å². The molecule has 0 aliphatic heterocycles. The van der Waals surface area contributed by atoms with Gasteiger partial charge in [-0.25, -0.2) is 0 Å². The minimum absolute atomic E-state index is 0.156. The van der Waals surface area contributed by atoms with Crippen LogP contribution in [0.2, 0.25) is 0 Å². The molecule has 0 heterocycles. The van der Waals surface area contributed by atoms with E-state index in [0.29, 0.717) is 16.2 Å². The molecule has 0 fully saturated rings. The van der Waals surface area contributed by atoms with Crippen molar-refractivity contribution in [3.63, 3.8) is 0 Å². The molecule has 4 nitrogen and oxygen atoms in total. The highest BCUT2D eigenvalue weighted by atomic mass is 19.4. The van der Waals surface area contributed by atoms with Gasteiger partial charge < -0.3 is 15.7 Å². The number of rotatable bonds is 5. The van der Waals surface area contributed by atoms with Crippen molar-refractivity contribution in [1.29, 1.82) is 0 Å². The number of alkyl halides is 3. The average molecular weight is 276 g/mol. The van der Waals surface area contributed by atoms with Crippen molar-refractivity contribution in [1.82, 2.24) is 4.90 Å². The fraction of sp³-hybridized carbons (Fsp3) is 0.417. The van der Waals surface area contributed by atoms with Crippen LogP contribution in [0, 0.1) is 0 Å². The first kappa shape index (κ1) is 15.3. The van der Waals surface area contributed by atoms with Crippen LogP contribution in [0.15, 0.2) is 24.3 Å². The Morgan fingerprint density at radius 1 is 1.26 bits per heavy atom. The lowest BCUT2D eigenvalue weighted by Crippen LogP contribution is -2.41. The number of nitrogen functional groups attached to an aromatic ring is 1. The minimum atomic E-state index is -4.48. The maximum Gasteiger partial charge on any atom is 0.406 e. The highest BCUT2D eigenvalue weighted by Crippen LogP contribution is 2.17. The summed E-state index contributed by atoms with van der Waals surface area (Å²) in [7, 11) is 0. The van der Waals surface area contributed by atoms with E-state index in [1.165, 1.54) is 0 Å². The molecule has 0 aliphatic rings. The van der Waals surface area contributed by atoms with E-state index in [0.717, 1.165) is 0 Å². The van der Waals surface area contributed by atoms with Gasteiger partial charge in [0.05, 0.1) is 13.0 Å². The first-order valence-corrected chi connectivity index (χ1v) is 5.61. The molecule has 0 bridgehead atoms. The van der Waals surface area contributed by atoms with Crippen molar-refractivity contribution < 1.29 is 23.1 Å². The van der Waals surface area contributed by atoms with Crippen LogP contribution in [0.5, 0.6) is 0 Å². The van der Waals surface area contributed by atoms with Crippen molar-refractivity contribution in [2.45, 2.75) is 12.6 Å². The molecule has 1 aromatic rings. The molecule has 0 saturated carbocycles. The van der Waals surface area contributed by atoms with Gasteiger partial charge >= 0.3 is 6.18 Å². The molecule has 0 aliphatic carbocycles. The van der Waals surface area contributed by atoms with Gasteiger partial charge in [-0.2, -0.15) is 13.2 Å².